The maximum Gasteiger partial charge on any atom is 0.0540 e. The van der Waals surface area contributed by atoms with Crippen molar-refractivity contribution in [2.75, 3.05) is 9.80 Å². The van der Waals surface area contributed by atoms with Gasteiger partial charge in [-0.3, -0.25) is 0 Å². The third kappa shape index (κ3) is 6.15. The van der Waals surface area contributed by atoms with Crippen LogP contribution >= 0.6 is 0 Å². The Hall–Kier alpha value is -7.42. The molecule has 0 aromatic heterocycles. The lowest BCUT2D eigenvalue weighted by molar-refractivity contribution is 0.351. The Labute approximate surface area is 371 Å². The van der Waals surface area contributed by atoms with Gasteiger partial charge in [0.15, 0.2) is 0 Å². The van der Waals surface area contributed by atoms with Gasteiger partial charge in [0.2, 0.25) is 0 Å². The Kier molecular flexibility index (Phi) is 8.83. The van der Waals surface area contributed by atoms with E-state index in [0.29, 0.717) is 0 Å². The van der Waals surface area contributed by atoms with E-state index in [-0.39, 0.29) is 11.3 Å². The summed E-state index contributed by atoms with van der Waals surface area (Å²) in [6.07, 6.45) is 15.6. The Bertz CT molecular complexity index is 3130. The minimum atomic E-state index is -0.173. The van der Waals surface area contributed by atoms with E-state index in [0.717, 1.165) is 31.3 Å². The highest BCUT2D eigenvalue weighted by atomic mass is 15.2. The Morgan fingerprint density at radius 1 is 0.492 bits per heavy atom. The predicted octanol–water partition coefficient (Wildman–Crippen LogP) is 15.3. The first-order valence-electron chi connectivity index (χ1n) is 22.4. The van der Waals surface area contributed by atoms with E-state index < -0.39 is 0 Å². The van der Waals surface area contributed by atoms with Gasteiger partial charge in [-0.15, -0.1) is 0 Å². The molecule has 1 spiro atoms. The number of hydrogen-bond donors (Lipinski definition) is 0. The van der Waals surface area contributed by atoms with Gasteiger partial charge in [0.25, 0.3) is 0 Å². The first-order valence-corrected chi connectivity index (χ1v) is 22.4. The van der Waals surface area contributed by atoms with Crippen molar-refractivity contribution in [3.05, 3.63) is 262 Å². The van der Waals surface area contributed by atoms with Crippen molar-refractivity contribution >= 4 is 56.9 Å². The number of benzene rings is 8. The first kappa shape index (κ1) is 37.4. The predicted molar refractivity (Wildman–Crippen MR) is 266 cm³/mol. The molecule has 0 bridgehead atoms. The smallest absolute Gasteiger partial charge is 0.0540 e. The quantitative estimate of drug-likeness (QED) is 0.163. The van der Waals surface area contributed by atoms with Crippen LogP contribution in [-0.4, -0.2) is 0 Å². The van der Waals surface area contributed by atoms with Crippen LogP contribution in [0.5, 0.6) is 0 Å². The summed E-state index contributed by atoms with van der Waals surface area (Å²) < 4.78 is 0. The Morgan fingerprint density at radius 2 is 1.00 bits per heavy atom. The lowest BCUT2D eigenvalue weighted by Gasteiger charge is -2.38. The molecule has 0 radical (unpaired) electrons. The molecule has 0 N–H and O–H groups in total. The van der Waals surface area contributed by atoms with Crippen LogP contribution < -0.4 is 9.80 Å². The van der Waals surface area contributed by atoms with Gasteiger partial charge in [-0.2, -0.15) is 0 Å². The number of para-hydroxylation sites is 4. The van der Waals surface area contributed by atoms with E-state index >= 15 is 0 Å². The van der Waals surface area contributed by atoms with Gasteiger partial charge in [0.1, 0.15) is 0 Å². The summed E-state index contributed by atoms with van der Waals surface area (Å²) in [4.78, 5) is 4.96. The monoisotopic (exact) mass is 808 g/mol. The SMILES string of the molecule is C=C1/C=C\C(N2c3ccccc3Cc3ccccc32)=C/C(C)C2(Cc3ccccc3C2)c2cc(/C=C/c3cccc4c(N5c6ccccc6Cc6ccccc65)cccc34)ccc21. The molecular weight excluding hydrogens is 761 g/mol. The standard InChI is InChI=1S/C61H48N2/c1-41-29-33-51(62-56-24-9-5-15-45(56)37-46-16-6-10-25-57(46)62)35-42(2)61(39-49-19-3-4-20-50(49)40-61)55-36-43(31-34-52(41)55)30-32-44-21-13-23-54-53(44)22-14-28-60(54)63-58-26-11-7-17-47(58)38-48-18-8-12-27-59(48)63/h3-36,42H,1,37-40H2,2H3/b32-30+,33-29-,51-35+. The third-order valence-corrected chi connectivity index (χ3v) is 14.4. The van der Waals surface area contributed by atoms with Crippen LogP contribution in [0.2, 0.25) is 0 Å². The molecule has 12 rings (SSSR count). The zero-order chi connectivity index (χ0) is 42.1. The molecule has 4 aliphatic rings. The van der Waals surface area contributed by atoms with E-state index in [9.17, 15) is 0 Å². The highest BCUT2D eigenvalue weighted by molar-refractivity contribution is 6.04. The summed E-state index contributed by atoms with van der Waals surface area (Å²) in [6, 6.07) is 65.2. The average molecular weight is 809 g/mol. The zero-order valence-electron chi connectivity index (χ0n) is 35.6. The fourth-order valence-electron chi connectivity index (χ4n) is 11.2. The van der Waals surface area contributed by atoms with Crippen molar-refractivity contribution in [1.82, 2.24) is 0 Å². The number of anilines is 5. The molecule has 2 nitrogen and oxygen atoms in total. The maximum absolute atomic E-state index is 4.77. The lowest BCUT2D eigenvalue weighted by Crippen LogP contribution is -2.35. The van der Waals surface area contributed by atoms with Crippen LogP contribution in [-0.2, 0) is 31.1 Å². The zero-order valence-corrected chi connectivity index (χ0v) is 35.6. The van der Waals surface area contributed by atoms with Crippen molar-refractivity contribution < 1.29 is 0 Å². The number of fused-ring (bicyclic) bond motifs is 8. The second-order valence-corrected chi connectivity index (χ2v) is 17.9. The number of hydrogen-bond acceptors (Lipinski definition) is 2. The summed E-state index contributed by atoms with van der Waals surface area (Å²) >= 11 is 0. The van der Waals surface area contributed by atoms with E-state index in [1.165, 1.54) is 101 Å². The molecule has 2 heterocycles. The minimum absolute atomic E-state index is 0.173. The van der Waals surface area contributed by atoms with Gasteiger partial charge in [0.05, 0.1) is 5.69 Å². The number of nitrogens with zero attached hydrogens (tertiary/aromatic N) is 2. The second-order valence-electron chi connectivity index (χ2n) is 17.9. The average Bonchev–Trinajstić information content (AvgIpc) is 3.75. The number of allylic oxidation sites excluding steroid dienone is 4. The van der Waals surface area contributed by atoms with Gasteiger partial charge >= 0.3 is 0 Å². The fourth-order valence-corrected chi connectivity index (χ4v) is 11.2. The third-order valence-electron chi connectivity index (χ3n) is 14.4. The van der Waals surface area contributed by atoms with Crippen LogP contribution in [0.25, 0.3) is 28.5 Å². The van der Waals surface area contributed by atoms with Crippen LogP contribution in [0.4, 0.5) is 28.4 Å². The van der Waals surface area contributed by atoms with E-state index in [1.54, 1.807) is 0 Å². The lowest BCUT2D eigenvalue weighted by atomic mass is 9.66. The molecule has 8 aromatic rings. The molecular formula is C61H48N2. The highest BCUT2D eigenvalue weighted by Crippen LogP contribution is 2.51. The Morgan fingerprint density at radius 3 is 1.60 bits per heavy atom. The normalized spacial score (nSPS) is 18.3. The molecule has 0 fully saturated rings. The van der Waals surface area contributed by atoms with E-state index in [2.05, 4.69) is 223 Å². The second kappa shape index (κ2) is 14.9. The van der Waals surface area contributed by atoms with Crippen LogP contribution in [0.3, 0.4) is 0 Å². The largest absolute Gasteiger partial charge is 0.310 e. The fraction of sp³-hybridized carbons (Fsp3) is 0.115. The summed E-state index contributed by atoms with van der Waals surface area (Å²) in [5.74, 6) is 0.205. The van der Waals surface area contributed by atoms with Crippen molar-refractivity contribution in [2.45, 2.75) is 38.0 Å². The molecule has 1 atom stereocenters. The molecule has 2 aliphatic carbocycles. The summed E-state index contributed by atoms with van der Waals surface area (Å²) in [7, 11) is 0. The molecule has 0 saturated carbocycles. The van der Waals surface area contributed by atoms with Gasteiger partial charge in [-0.1, -0.05) is 183 Å². The van der Waals surface area contributed by atoms with Crippen LogP contribution in [0.1, 0.15) is 62.6 Å². The summed E-state index contributed by atoms with van der Waals surface area (Å²) in [5.41, 5.74) is 21.6. The Balaban J connectivity index is 0.964. The van der Waals surface area contributed by atoms with Gasteiger partial charge in [0, 0.05) is 52.1 Å². The van der Waals surface area contributed by atoms with E-state index in [4.69, 9.17) is 6.58 Å². The van der Waals surface area contributed by atoms with Crippen molar-refractivity contribution in [3.8, 4) is 0 Å². The molecule has 63 heavy (non-hydrogen) atoms. The van der Waals surface area contributed by atoms with Crippen molar-refractivity contribution in [2.24, 2.45) is 5.92 Å². The van der Waals surface area contributed by atoms with Crippen LogP contribution in [0, 0.1) is 5.92 Å². The molecule has 0 saturated heterocycles. The summed E-state index contributed by atoms with van der Waals surface area (Å²) in [5, 5.41) is 2.48. The van der Waals surface area contributed by atoms with Crippen molar-refractivity contribution in [3.63, 3.8) is 0 Å². The number of rotatable bonds is 4. The molecule has 2 heteroatoms. The van der Waals surface area contributed by atoms with Gasteiger partial charge < -0.3 is 9.80 Å². The highest BCUT2D eigenvalue weighted by Gasteiger charge is 2.44. The first-order chi connectivity index (χ1) is 31.0. The molecule has 8 aromatic carbocycles. The summed E-state index contributed by atoms with van der Waals surface area (Å²) in [6.45, 7) is 7.23. The van der Waals surface area contributed by atoms with Crippen LogP contribution in [0.15, 0.2) is 206 Å². The topological polar surface area (TPSA) is 6.48 Å². The van der Waals surface area contributed by atoms with Gasteiger partial charge in [-0.25, -0.2) is 0 Å². The van der Waals surface area contributed by atoms with E-state index in [1.807, 2.05) is 0 Å². The maximum atomic E-state index is 4.77. The molecule has 1 unspecified atom stereocenters. The van der Waals surface area contributed by atoms with Gasteiger partial charge in [-0.05, 0) is 122 Å². The molecule has 0 amide bonds. The molecule has 302 valence electrons. The minimum Gasteiger partial charge on any atom is -0.310 e. The van der Waals surface area contributed by atoms with Crippen molar-refractivity contribution in [1.29, 1.82) is 0 Å². The molecule has 2 aliphatic heterocycles.